The molecule has 0 N–H and O–H groups in total. The predicted molar refractivity (Wildman–Crippen MR) is 139 cm³/mol. The van der Waals surface area contributed by atoms with Gasteiger partial charge in [0.25, 0.3) is 5.09 Å². The van der Waals surface area contributed by atoms with Gasteiger partial charge in [-0.15, -0.1) is 10.1 Å². The fourth-order valence-corrected chi connectivity index (χ4v) is 3.29. The molecule has 0 aliphatic heterocycles. The third kappa shape index (κ3) is 7.33. The molecule has 0 bridgehead atoms. The molecule has 0 saturated carbocycles. The summed E-state index contributed by atoms with van der Waals surface area (Å²) in [6.07, 6.45) is 9.86. The zero-order valence-electron chi connectivity index (χ0n) is 20.0. The van der Waals surface area contributed by atoms with E-state index in [1.54, 1.807) is 51.7 Å². The Kier molecular flexibility index (Phi) is 9.00. The van der Waals surface area contributed by atoms with Crippen molar-refractivity contribution >= 4 is 30.1 Å². The summed E-state index contributed by atoms with van der Waals surface area (Å²) in [5.41, 5.74) is 3.04. The highest BCUT2D eigenvalue weighted by Gasteiger charge is 2.09. The Morgan fingerprint density at radius 1 is 0.750 bits per heavy atom. The van der Waals surface area contributed by atoms with Crippen LogP contribution in [-0.4, -0.2) is 32.2 Å². The van der Waals surface area contributed by atoms with Crippen LogP contribution in [0.1, 0.15) is 22.3 Å². The van der Waals surface area contributed by atoms with Crippen LogP contribution in [0.4, 0.5) is 0 Å². The molecule has 0 aromatic heterocycles. The second-order valence-electron chi connectivity index (χ2n) is 7.40. The monoisotopic (exact) mass is 487 g/mol. The summed E-state index contributed by atoms with van der Waals surface area (Å²) in [5.74, 6) is 1.71. The molecule has 0 spiro atoms. The first-order valence-corrected chi connectivity index (χ1v) is 10.8. The largest absolute Gasteiger partial charge is 0.497 e. The Morgan fingerprint density at radius 2 is 1.47 bits per heavy atom. The molecule has 0 radical (unpaired) electrons. The van der Waals surface area contributed by atoms with Crippen molar-refractivity contribution in [2.45, 2.75) is 0 Å². The lowest BCUT2D eigenvalue weighted by molar-refractivity contribution is -0.711. The van der Waals surface area contributed by atoms with Gasteiger partial charge >= 0.3 is 0 Å². The van der Waals surface area contributed by atoms with E-state index in [0.29, 0.717) is 22.6 Å². The average Bonchev–Trinajstić information content (AvgIpc) is 2.89. The first-order chi connectivity index (χ1) is 17.4. The molecule has 8 nitrogen and oxygen atoms in total. The quantitative estimate of drug-likeness (QED) is 0.147. The van der Waals surface area contributed by atoms with Crippen LogP contribution in [0.3, 0.4) is 0 Å². The van der Waals surface area contributed by atoms with Gasteiger partial charge in [0.1, 0.15) is 23.0 Å². The van der Waals surface area contributed by atoms with Gasteiger partial charge < -0.3 is 14.2 Å². The number of allylic oxidation sites excluding steroid dienone is 2. The van der Waals surface area contributed by atoms with Crippen molar-refractivity contribution in [3.8, 4) is 23.0 Å². The molecule has 0 saturated heterocycles. The van der Waals surface area contributed by atoms with Crippen molar-refractivity contribution in [2.75, 3.05) is 21.3 Å². The molecule has 0 heterocycles. The van der Waals surface area contributed by atoms with E-state index in [4.69, 9.17) is 14.2 Å². The van der Waals surface area contributed by atoms with E-state index in [0.717, 1.165) is 16.9 Å². The highest BCUT2D eigenvalue weighted by molar-refractivity contribution is 6.05. The smallest absolute Gasteiger partial charge is 0.299 e. The van der Waals surface area contributed by atoms with E-state index in [1.165, 1.54) is 24.3 Å². The summed E-state index contributed by atoms with van der Waals surface area (Å²) in [6.45, 7) is 0. The number of ketones is 1. The maximum atomic E-state index is 12.5. The predicted octanol–water partition coefficient (Wildman–Crippen LogP) is 5.75. The van der Waals surface area contributed by atoms with Gasteiger partial charge in [-0.1, -0.05) is 42.5 Å². The Morgan fingerprint density at radius 3 is 2.14 bits per heavy atom. The van der Waals surface area contributed by atoms with E-state index in [-0.39, 0.29) is 11.5 Å². The van der Waals surface area contributed by atoms with Gasteiger partial charge in [0, 0.05) is 11.6 Å². The minimum Gasteiger partial charge on any atom is -0.497 e. The number of nitrogens with zero attached hydrogens (tertiary/aromatic N) is 1. The van der Waals surface area contributed by atoms with Crippen molar-refractivity contribution in [3.05, 3.63) is 105 Å². The first-order valence-electron chi connectivity index (χ1n) is 10.8. The standard InChI is InChI=1S/C28H25NO7/c1-33-24-14-9-20(10-15-24)7-11-22-18-26(34-2)19-28(35-3)27(22)16-13-23(30)12-8-21-5-4-6-25(17-21)36-29(31)32/h4-19H,1-3H3/b11-7+,12-8+,16-13+. The summed E-state index contributed by atoms with van der Waals surface area (Å²) >= 11 is 0. The minimum absolute atomic E-state index is 0.0707. The van der Waals surface area contributed by atoms with Gasteiger partial charge in [0.15, 0.2) is 5.78 Å². The Labute approximate surface area is 208 Å². The van der Waals surface area contributed by atoms with Crippen LogP contribution in [0.2, 0.25) is 0 Å². The maximum Gasteiger partial charge on any atom is 0.299 e. The van der Waals surface area contributed by atoms with Crippen LogP contribution in [0, 0.1) is 10.1 Å². The topological polar surface area (TPSA) is 97.1 Å². The Hall–Kier alpha value is -4.85. The Bertz CT molecular complexity index is 1310. The number of rotatable bonds is 11. The summed E-state index contributed by atoms with van der Waals surface area (Å²) in [5, 5.41) is 9.62. The molecule has 0 amide bonds. The van der Waals surface area contributed by atoms with Gasteiger partial charge in [-0.3, -0.25) is 9.63 Å². The van der Waals surface area contributed by atoms with Crippen molar-refractivity contribution in [1.82, 2.24) is 0 Å². The fourth-order valence-electron chi connectivity index (χ4n) is 3.29. The number of carbonyl (C=O) groups is 1. The molecule has 184 valence electrons. The Balaban J connectivity index is 1.85. The number of benzene rings is 3. The summed E-state index contributed by atoms with van der Waals surface area (Å²) in [6, 6.07) is 17.4. The molecule has 0 atom stereocenters. The molecular formula is C28H25NO7. The number of carbonyl (C=O) groups excluding carboxylic acids is 1. The molecular weight excluding hydrogens is 462 g/mol. The van der Waals surface area contributed by atoms with Crippen molar-refractivity contribution in [3.63, 3.8) is 0 Å². The molecule has 3 rings (SSSR count). The van der Waals surface area contributed by atoms with Crippen molar-refractivity contribution < 1.29 is 28.9 Å². The number of hydrogen-bond donors (Lipinski definition) is 0. The van der Waals surface area contributed by atoms with Crippen LogP contribution in [0.25, 0.3) is 24.3 Å². The molecule has 0 aliphatic rings. The second-order valence-corrected chi connectivity index (χ2v) is 7.40. The van der Waals surface area contributed by atoms with E-state index in [1.807, 2.05) is 42.5 Å². The van der Waals surface area contributed by atoms with Crippen LogP contribution in [0.15, 0.2) is 72.8 Å². The number of ether oxygens (including phenoxy) is 3. The molecule has 0 fully saturated rings. The zero-order valence-corrected chi connectivity index (χ0v) is 20.0. The van der Waals surface area contributed by atoms with Crippen LogP contribution >= 0.6 is 0 Å². The zero-order chi connectivity index (χ0) is 25.9. The van der Waals surface area contributed by atoms with Gasteiger partial charge in [0.2, 0.25) is 0 Å². The molecule has 36 heavy (non-hydrogen) atoms. The van der Waals surface area contributed by atoms with Gasteiger partial charge in [-0.05, 0) is 65.3 Å². The third-order valence-corrected chi connectivity index (χ3v) is 5.07. The lowest BCUT2D eigenvalue weighted by Gasteiger charge is -2.11. The highest BCUT2D eigenvalue weighted by atomic mass is 17.0. The maximum absolute atomic E-state index is 12.5. The highest BCUT2D eigenvalue weighted by Crippen LogP contribution is 2.31. The summed E-state index contributed by atoms with van der Waals surface area (Å²) in [7, 11) is 4.73. The molecule has 0 unspecified atom stereocenters. The summed E-state index contributed by atoms with van der Waals surface area (Å²) < 4.78 is 16.1. The van der Waals surface area contributed by atoms with Gasteiger partial charge in [0.05, 0.1) is 21.3 Å². The lowest BCUT2D eigenvalue weighted by atomic mass is 10.0. The van der Waals surface area contributed by atoms with E-state index in [2.05, 4.69) is 4.84 Å². The molecule has 3 aromatic carbocycles. The van der Waals surface area contributed by atoms with E-state index in [9.17, 15) is 14.9 Å². The fraction of sp³-hybridized carbons (Fsp3) is 0.107. The van der Waals surface area contributed by atoms with E-state index < -0.39 is 5.09 Å². The number of methoxy groups -OCH3 is 3. The third-order valence-electron chi connectivity index (χ3n) is 5.07. The van der Waals surface area contributed by atoms with E-state index >= 15 is 0 Å². The van der Waals surface area contributed by atoms with Crippen molar-refractivity contribution in [2.24, 2.45) is 0 Å². The number of hydrogen-bond acceptors (Lipinski definition) is 7. The van der Waals surface area contributed by atoms with Crippen LogP contribution in [0.5, 0.6) is 23.0 Å². The summed E-state index contributed by atoms with van der Waals surface area (Å²) in [4.78, 5) is 27.5. The second kappa shape index (κ2) is 12.6. The van der Waals surface area contributed by atoms with Crippen LogP contribution < -0.4 is 19.0 Å². The van der Waals surface area contributed by atoms with Gasteiger partial charge in [-0.25, -0.2) is 0 Å². The first kappa shape index (κ1) is 25.8. The average molecular weight is 488 g/mol. The molecule has 3 aromatic rings. The lowest BCUT2D eigenvalue weighted by Crippen LogP contribution is -2.03. The van der Waals surface area contributed by atoms with Gasteiger partial charge in [-0.2, -0.15) is 0 Å². The van der Waals surface area contributed by atoms with Crippen LogP contribution in [-0.2, 0) is 4.79 Å². The normalized spacial score (nSPS) is 11.2. The molecule has 0 aliphatic carbocycles. The molecule has 8 heteroatoms. The SMILES string of the molecule is COc1ccc(/C=C/c2cc(OC)cc(OC)c2/C=C/C(=O)/C=C/c2cccc(O[N+](=O)[O-])c2)cc1. The minimum atomic E-state index is -0.889. The van der Waals surface area contributed by atoms with Crippen molar-refractivity contribution in [1.29, 1.82) is 0 Å².